The van der Waals surface area contributed by atoms with Crippen molar-refractivity contribution in [2.45, 2.75) is 32.2 Å². The van der Waals surface area contributed by atoms with E-state index in [1.54, 1.807) is 0 Å². The Kier molecular flexibility index (Phi) is 5.02. The van der Waals surface area contributed by atoms with Gasteiger partial charge in [0.1, 0.15) is 5.78 Å². The van der Waals surface area contributed by atoms with E-state index in [4.69, 9.17) is 0 Å². The summed E-state index contributed by atoms with van der Waals surface area (Å²) < 4.78 is 27.1. The molecule has 0 bridgehead atoms. The lowest BCUT2D eigenvalue weighted by Crippen LogP contribution is -2.53. The number of benzene rings is 1. The number of ketones is 2. The summed E-state index contributed by atoms with van der Waals surface area (Å²) in [6, 6.07) is 0.186. The molecule has 0 saturated heterocycles. The van der Waals surface area contributed by atoms with Gasteiger partial charge in [0.05, 0.1) is 6.04 Å². The van der Waals surface area contributed by atoms with Crippen LogP contribution in [0.4, 0.5) is 18.4 Å². The molecule has 4 amide bonds. The standard InChI is InChI=1S/C18H17F2N3O4/c1-9(24)6-7-21-17(26)23-16(10-2-3-11(19)12(20)8-10)15-13(22-18(23)27)4-5-14(15)25/h2-3,8,16H,4-7H2,1H3,(H,21,26)(H,22,27). The van der Waals surface area contributed by atoms with E-state index in [9.17, 15) is 28.0 Å². The highest BCUT2D eigenvalue weighted by Crippen LogP contribution is 2.39. The first kappa shape index (κ1) is 18.7. The van der Waals surface area contributed by atoms with Crippen molar-refractivity contribution in [3.05, 3.63) is 46.7 Å². The molecule has 0 aromatic heterocycles. The third-order valence-corrected chi connectivity index (χ3v) is 4.47. The number of rotatable bonds is 4. The van der Waals surface area contributed by atoms with Crippen LogP contribution in [0.15, 0.2) is 29.5 Å². The van der Waals surface area contributed by atoms with Crippen LogP contribution in [0.1, 0.15) is 37.8 Å². The van der Waals surface area contributed by atoms with E-state index in [-0.39, 0.29) is 42.1 Å². The van der Waals surface area contributed by atoms with Gasteiger partial charge in [0.15, 0.2) is 17.4 Å². The van der Waals surface area contributed by atoms with Gasteiger partial charge >= 0.3 is 12.1 Å². The van der Waals surface area contributed by atoms with E-state index < -0.39 is 29.7 Å². The molecular weight excluding hydrogens is 360 g/mol. The highest BCUT2D eigenvalue weighted by Gasteiger charge is 2.44. The minimum Gasteiger partial charge on any atom is -0.337 e. The number of hydrogen-bond acceptors (Lipinski definition) is 4. The van der Waals surface area contributed by atoms with Gasteiger partial charge in [-0.2, -0.15) is 0 Å². The fourth-order valence-electron chi connectivity index (χ4n) is 3.20. The number of Topliss-reactive ketones (excluding diaryl/α,β-unsaturated/α-hetero) is 2. The van der Waals surface area contributed by atoms with Crippen molar-refractivity contribution in [3.8, 4) is 0 Å². The number of allylic oxidation sites excluding steroid dienone is 1. The number of carbonyl (C=O) groups excluding carboxylic acids is 4. The molecule has 9 heteroatoms. The SMILES string of the molecule is CC(=O)CCNC(=O)N1C(=O)NC2=C(C(=O)CC2)C1c1ccc(F)c(F)c1. The lowest BCUT2D eigenvalue weighted by molar-refractivity contribution is -0.117. The summed E-state index contributed by atoms with van der Waals surface area (Å²) in [5.74, 6) is -2.65. The van der Waals surface area contributed by atoms with Crippen molar-refractivity contribution in [1.82, 2.24) is 15.5 Å². The number of amides is 4. The second-order valence-electron chi connectivity index (χ2n) is 6.38. The molecule has 1 aromatic rings. The van der Waals surface area contributed by atoms with Crippen LogP contribution in [0.25, 0.3) is 0 Å². The van der Waals surface area contributed by atoms with Gasteiger partial charge in [-0.25, -0.2) is 23.3 Å². The summed E-state index contributed by atoms with van der Waals surface area (Å²) >= 11 is 0. The molecule has 2 N–H and O–H groups in total. The molecule has 1 atom stereocenters. The van der Waals surface area contributed by atoms with Crippen LogP contribution in [0, 0.1) is 11.6 Å². The average Bonchev–Trinajstić information content (AvgIpc) is 2.96. The van der Waals surface area contributed by atoms with E-state index in [1.807, 2.05) is 0 Å². The third kappa shape index (κ3) is 3.57. The van der Waals surface area contributed by atoms with Gasteiger partial charge in [-0.05, 0) is 31.0 Å². The number of imide groups is 1. The molecule has 0 fully saturated rings. The first-order chi connectivity index (χ1) is 12.8. The van der Waals surface area contributed by atoms with Gasteiger partial charge in [0.25, 0.3) is 0 Å². The van der Waals surface area contributed by atoms with Crippen molar-refractivity contribution in [2.24, 2.45) is 0 Å². The van der Waals surface area contributed by atoms with Gasteiger partial charge < -0.3 is 10.6 Å². The van der Waals surface area contributed by atoms with Crippen LogP contribution in [0.2, 0.25) is 0 Å². The lowest BCUT2D eigenvalue weighted by Gasteiger charge is -2.35. The number of carbonyl (C=O) groups is 4. The zero-order chi connectivity index (χ0) is 19.7. The van der Waals surface area contributed by atoms with Crippen molar-refractivity contribution in [2.75, 3.05) is 6.54 Å². The van der Waals surface area contributed by atoms with Crippen LogP contribution >= 0.6 is 0 Å². The Morgan fingerprint density at radius 2 is 1.96 bits per heavy atom. The molecule has 2 aliphatic rings. The van der Waals surface area contributed by atoms with E-state index in [2.05, 4.69) is 10.6 Å². The minimum atomic E-state index is -1.17. The molecule has 3 rings (SSSR count). The lowest BCUT2D eigenvalue weighted by atomic mass is 9.93. The second-order valence-corrected chi connectivity index (χ2v) is 6.38. The fourth-order valence-corrected chi connectivity index (χ4v) is 3.20. The number of nitrogens with one attached hydrogen (secondary N) is 2. The largest absolute Gasteiger partial charge is 0.337 e. The molecule has 1 aliphatic heterocycles. The normalized spacial score (nSPS) is 19.1. The molecule has 1 unspecified atom stereocenters. The van der Waals surface area contributed by atoms with E-state index in [1.165, 1.54) is 13.0 Å². The average molecular weight is 377 g/mol. The van der Waals surface area contributed by atoms with Gasteiger partial charge in [0.2, 0.25) is 0 Å². The zero-order valence-corrected chi connectivity index (χ0v) is 14.5. The van der Waals surface area contributed by atoms with Gasteiger partial charge in [-0.15, -0.1) is 0 Å². The summed E-state index contributed by atoms with van der Waals surface area (Å²) in [5.41, 5.74) is 0.670. The topological polar surface area (TPSA) is 95.6 Å². The molecule has 142 valence electrons. The Morgan fingerprint density at radius 1 is 1.22 bits per heavy atom. The molecule has 0 spiro atoms. The molecule has 1 aliphatic carbocycles. The van der Waals surface area contributed by atoms with Crippen LogP contribution < -0.4 is 10.6 Å². The molecule has 27 heavy (non-hydrogen) atoms. The Balaban J connectivity index is 2.00. The third-order valence-electron chi connectivity index (χ3n) is 4.47. The van der Waals surface area contributed by atoms with Crippen LogP contribution in [0.5, 0.6) is 0 Å². The highest BCUT2D eigenvalue weighted by atomic mass is 19.2. The van der Waals surface area contributed by atoms with Crippen LogP contribution in [0.3, 0.4) is 0 Å². The van der Waals surface area contributed by atoms with Gasteiger partial charge in [-0.1, -0.05) is 6.07 Å². The molecule has 0 saturated carbocycles. The van der Waals surface area contributed by atoms with Crippen molar-refractivity contribution in [3.63, 3.8) is 0 Å². The van der Waals surface area contributed by atoms with Crippen LogP contribution in [-0.2, 0) is 9.59 Å². The summed E-state index contributed by atoms with van der Waals surface area (Å²) in [6.07, 6.45) is 0.536. The Labute approximate surface area is 153 Å². The highest BCUT2D eigenvalue weighted by molar-refractivity contribution is 6.06. The van der Waals surface area contributed by atoms with Crippen molar-refractivity contribution >= 4 is 23.6 Å². The maximum absolute atomic E-state index is 13.8. The first-order valence-electron chi connectivity index (χ1n) is 8.38. The quantitative estimate of drug-likeness (QED) is 0.842. The molecule has 7 nitrogen and oxygen atoms in total. The number of hydrogen-bond donors (Lipinski definition) is 2. The van der Waals surface area contributed by atoms with Gasteiger partial charge in [0, 0.05) is 30.7 Å². The monoisotopic (exact) mass is 377 g/mol. The molecule has 1 aromatic carbocycles. The van der Waals surface area contributed by atoms with E-state index in [0.717, 1.165) is 17.0 Å². The molecular formula is C18H17F2N3O4. The summed E-state index contributed by atoms with van der Waals surface area (Å²) in [4.78, 5) is 49.2. The maximum atomic E-state index is 13.8. The predicted octanol–water partition coefficient (Wildman–Crippen LogP) is 2.34. The van der Waals surface area contributed by atoms with E-state index >= 15 is 0 Å². The Morgan fingerprint density at radius 3 is 2.63 bits per heavy atom. The maximum Gasteiger partial charge on any atom is 0.330 e. The first-order valence-corrected chi connectivity index (χ1v) is 8.38. The fraction of sp³-hybridized carbons (Fsp3) is 0.333. The smallest absolute Gasteiger partial charge is 0.330 e. The molecule has 0 radical (unpaired) electrons. The summed E-state index contributed by atoms with van der Waals surface area (Å²) in [7, 11) is 0. The number of urea groups is 2. The number of halogens is 2. The van der Waals surface area contributed by atoms with Crippen molar-refractivity contribution < 1.29 is 28.0 Å². The number of nitrogens with zero attached hydrogens (tertiary/aromatic N) is 1. The minimum absolute atomic E-state index is 0.00228. The van der Waals surface area contributed by atoms with Crippen LogP contribution in [-0.4, -0.2) is 35.1 Å². The van der Waals surface area contributed by atoms with E-state index in [0.29, 0.717) is 12.1 Å². The summed E-state index contributed by atoms with van der Waals surface area (Å²) in [5, 5.41) is 4.95. The Bertz CT molecular complexity index is 881. The van der Waals surface area contributed by atoms with Gasteiger partial charge in [-0.3, -0.25) is 9.59 Å². The van der Waals surface area contributed by atoms with Crippen molar-refractivity contribution in [1.29, 1.82) is 0 Å². The predicted molar refractivity (Wildman–Crippen MR) is 89.4 cm³/mol. The summed E-state index contributed by atoms with van der Waals surface area (Å²) in [6.45, 7) is 1.36. The molecule has 1 heterocycles. The zero-order valence-electron chi connectivity index (χ0n) is 14.5. The second kappa shape index (κ2) is 7.26. The Hall–Kier alpha value is -3.10.